The van der Waals surface area contributed by atoms with Crippen LogP contribution in [0.1, 0.15) is 27.4 Å². The topological polar surface area (TPSA) is 58.2 Å². The van der Waals surface area contributed by atoms with Crippen LogP contribution < -0.4 is 10.6 Å². The van der Waals surface area contributed by atoms with Gasteiger partial charge >= 0.3 is 0 Å². The van der Waals surface area contributed by atoms with Crippen LogP contribution in [0.25, 0.3) is 0 Å². The van der Waals surface area contributed by atoms with E-state index in [1.807, 2.05) is 60.7 Å². The first-order chi connectivity index (χ1) is 14.1. The van der Waals surface area contributed by atoms with Gasteiger partial charge in [-0.05, 0) is 29.3 Å². The van der Waals surface area contributed by atoms with Gasteiger partial charge in [0.2, 0.25) is 5.91 Å². The maximum absolute atomic E-state index is 12.9. The summed E-state index contributed by atoms with van der Waals surface area (Å²) in [5.41, 5.74) is 2.12. The third kappa shape index (κ3) is 5.59. The Morgan fingerprint density at radius 2 is 1.31 bits per heavy atom. The summed E-state index contributed by atoms with van der Waals surface area (Å²) in [6.07, 6.45) is 0. The highest BCUT2D eigenvalue weighted by Crippen LogP contribution is 2.24. The normalized spacial score (nSPS) is 10.6. The molecule has 0 saturated carbocycles. The summed E-state index contributed by atoms with van der Waals surface area (Å²) in [4.78, 5) is 25.2. The maximum atomic E-state index is 12.9. The molecule has 0 unspecified atom stereocenters. The minimum absolute atomic E-state index is 0.127. The third-order valence-corrected chi connectivity index (χ3v) is 4.98. The van der Waals surface area contributed by atoms with Crippen molar-refractivity contribution < 1.29 is 9.59 Å². The molecule has 0 fully saturated rings. The standard InChI is InChI=1S/C23H20Cl2N2O2/c24-18-11-12-20(25)19(15-18)22(28)26-13-14-27-23(29)21(16-7-3-1-4-8-16)17-9-5-2-6-10-17/h1-12,15,21H,13-14H2,(H,26,28)(H,27,29). The van der Waals surface area contributed by atoms with E-state index in [1.54, 1.807) is 12.1 Å². The van der Waals surface area contributed by atoms with Crippen LogP contribution in [0.4, 0.5) is 0 Å². The SMILES string of the molecule is O=C(NCCNC(=O)C(c1ccccc1)c1ccccc1)c1cc(Cl)ccc1Cl. The molecule has 3 aromatic rings. The predicted molar refractivity (Wildman–Crippen MR) is 117 cm³/mol. The first-order valence-electron chi connectivity index (χ1n) is 9.17. The second kappa shape index (κ2) is 10.1. The molecule has 29 heavy (non-hydrogen) atoms. The van der Waals surface area contributed by atoms with Gasteiger partial charge in [-0.1, -0.05) is 83.9 Å². The Hall–Kier alpha value is -2.82. The van der Waals surface area contributed by atoms with Crippen molar-refractivity contribution in [1.29, 1.82) is 0 Å². The minimum Gasteiger partial charge on any atom is -0.354 e. The van der Waals surface area contributed by atoms with Crippen LogP contribution in [-0.2, 0) is 4.79 Å². The lowest BCUT2D eigenvalue weighted by atomic mass is 9.90. The van der Waals surface area contributed by atoms with E-state index in [0.717, 1.165) is 11.1 Å². The lowest BCUT2D eigenvalue weighted by molar-refractivity contribution is -0.121. The Morgan fingerprint density at radius 1 is 0.759 bits per heavy atom. The van der Waals surface area contributed by atoms with Crippen molar-refractivity contribution in [3.63, 3.8) is 0 Å². The van der Waals surface area contributed by atoms with Gasteiger partial charge in [-0.25, -0.2) is 0 Å². The third-order valence-electron chi connectivity index (χ3n) is 4.41. The molecular formula is C23H20Cl2N2O2. The summed E-state index contributed by atoms with van der Waals surface area (Å²) < 4.78 is 0. The average molecular weight is 427 g/mol. The van der Waals surface area contributed by atoms with Crippen LogP contribution in [0.5, 0.6) is 0 Å². The molecule has 0 heterocycles. The van der Waals surface area contributed by atoms with E-state index in [-0.39, 0.29) is 18.4 Å². The van der Waals surface area contributed by atoms with Crippen LogP contribution in [0.2, 0.25) is 10.0 Å². The molecule has 0 aliphatic heterocycles. The summed E-state index contributed by atoms with van der Waals surface area (Å²) in [6, 6.07) is 23.9. The van der Waals surface area contributed by atoms with E-state index < -0.39 is 5.92 Å². The first-order valence-corrected chi connectivity index (χ1v) is 9.92. The number of rotatable bonds is 7. The number of hydrogen-bond donors (Lipinski definition) is 2. The van der Waals surface area contributed by atoms with Gasteiger partial charge in [-0.3, -0.25) is 9.59 Å². The first kappa shape index (κ1) is 20.9. The maximum Gasteiger partial charge on any atom is 0.252 e. The molecule has 3 aromatic carbocycles. The molecule has 2 amide bonds. The fourth-order valence-corrected chi connectivity index (χ4v) is 3.39. The van der Waals surface area contributed by atoms with Gasteiger partial charge in [0, 0.05) is 18.1 Å². The zero-order valence-electron chi connectivity index (χ0n) is 15.6. The van der Waals surface area contributed by atoms with Crippen LogP contribution in [0.3, 0.4) is 0 Å². The van der Waals surface area contributed by atoms with E-state index in [0.29, 0.717) is 22.2 Å². The number of nitrogens with one attached hydrogen (secondary N) is 2. The van der Waals surface area contributed by atoms with Crippen molar-refractivity contribution >= 4 is 35.0 Å². The Morgan fingerprint density at radius 3 is 1.90 bits per heavy atom. The second-order valence-electron chi connectivity index (χ2n) is 6.43. The molecule has 6 heteroatoms. The van der Waals surface area contributed by atoms with Crippen molar-refractivity contribution in [2.75, 3.05) is 13.1 Å². The van der Waals surface area contributed by atoms with Crippen LogP contribution in [-0.4, -0.2) is 24.9 Å². The summed E-state index contributed by atoms with van der Waals surface area (Å²) in [5.74, 6) is -0.887. The van der Waals surface area contributed by atoms with Crippen molar-refractivity contribution in [3.05, 3.63) is 106 Å². The summed E-state index contributed by atoms with van der Waals surface area (Å²) in [7, 11) is 0. The molecule has 4 nitrogen and oxygen atoms in total. The zero-order chi connectivity index (χ0) is 20.6. The molecule has 0 atom stereocenters. The van der Waals surface area contributed by atoms with Crippen LogP contribution >= 0.6 is 23.2 Å². The Kier molecular flexibility index (Phi) is 7.28. The molecule has 3 rings (SSSR count). The summed E-state index contributed by atoms with van der Waals surface area (Å²) >= 11 is 12.0. The lowest BCUT2D eigenvalue weighted by Crippen LogP contribution is -2.37. The van der Waals surface area contributed by atoms with Gasteiger partial charge < -0.3 is 10.6 Å². The van der Waals surface area contributed by atoms with Crippen molar-refractivity contribution in [2.45, 2.75) is 5.92 Å². The molecule has 0 bridgehead atoms. The number of carbonyl (C=O) groups is 2. The fourth-order valence-electron chi connectivity index (χ4n) is 3.02. The largest absolute Gasteiger partial charge is 0.354 e. The van der Waals surface area contributed by atoms with Crippen molar-refractivity contribution in [3.8, 4) is 0 Å². The number of carbonyl (C=O) groups excluding carboxylic acids is 2. The zero-order valence-corrected chi connectivity index (χ0v) is 17.1. The highest BCUT2D eigenvalue weighted by Gasteiger charge is 2.22. The van der Waals surface area contributed by atoms with Gasteiger partial charge in [0.15, 0.2) is 0 Å². The molecule has 0 aliphatic rings. The quantitative estimate of drug-likeness (QED) is 0.539. The molecule has 0 radical (unpaired) electrons. The Labute approximate surface area is 179 Å². The summed E-state index contributed by atoms with van der Waals surface area (Å²) in [6.45, 7) is 0.558. The van der Waals surface area contributed by atoms with Gasteiger partial charge in [0.25, 0.3) is 5.91 Å². The van der Waals surface area contributed by atoms with Crippen LogP contribution in [0, 0.1) is 0 Å². The molecule has 0 saturated heterocycles. The second-order valence-corrected chi connectivity index (χ2v) is 7.27. The molecule has 0 spiro atoms. The fraction of sp³-hybridized carbons (Fsp3) is 0.130. The van der Waals surface area contributed by atoms with Gasteiger partial charge in [0.1, 0.15) is 0 Å². The molecule has 0 aromatic heterocycles. The van der Waals surface area contributed by atoms with E-state index in [4.69, 9.17) is 23.2 Å². The monoisotopic (exact) mass is 426 g/mol. The average Bonchev–Trinajstić information content (AvgIpc) is 2.74. The molecule has 148 valence electrons. The minimum atomic E-state index is -0.421. The Balaban J connectivity index is 1.61. The van der Waals surface area contributed by atoms with E-state index in [1.165, 1.54) is 6.07 Å². The number of halogens is 2. The van der Waals surface area contributed by atoms with Crippen molar-refractivity contribution in [2.24, 2.45) is 0 Å². The van der Waals surface area contributed by atoms with E-state index in [2.05, 4.69) is 10.6 Å². The van der Waals surface area contributed by atoms with Gasteiger partial charge in [-0.15, -0.1) is 0 Å². The van der Waals surface area contributed by atoms with E-state index >= 15 is 0 Å². The van der Waals surface area contributed by atoms with Gasteiger partial charge in [0.05, 0.1) is 16.5 Å². The van der Waals surface area contributed by atoms with Crippen molar-refractivity contribution in [1.82, 2.24) is 10.6 Å². The Bertz CT molecular complexity index is 939. The lowest BCUT2D eigenvalue weighted by Gasteiger charge is -2.18. The number of benzene rings is 3. The predicted octanol–water partition coefficient (Wildman–Crippen LogP) is 4.67. The highest BCUT2D eigenvalue weighted by atomic mass is 35.5. The molecular weight excluding hydrogens is 407 g/mol. The molecule has 0 aliphatic carbocycles. The summed E-state index contributed by atoms with van der Waals surface area (Å²) in [5, 5.41) is 6.40. The smallest absolute Gasteiger partial charge is 0.252 e. The molecule has 2 N–H and O–H groups in total. The van der Waals surface area contributed by atoms with E-state index in [9.17, 15) is 9.59 Å². The number of hydrogen-bond acceptors (Lipinski definition) is 2. The van der Waals surface area contributed by atoms with Crippen LogP contribution in [0.15, 0.2) is 78.9 Å². The number of amides is 2. The highest BCUT2D eigenvalue weighted by molar-refractivity contribution is 6.35. The van der Waals surface area contributed by atoms with Gasteiger partial charge in [-0.2, -0.15) is 0 Å².